The Balaban J connectivity index is 1.90. The van der Waals surface area contributed by atoms with Crippen molar-refractivity contribution in [1.82, 2.24) is 14.2 Å². The molecule has 1 aromatic carbocycles. The van der Waals surface area contributed by atoms with E-state index in [0.29, 0.717) is 24.7 Å². The predicted molar refractivity (Wildman–Crippen MR) is 111 cm³/mol. The zero-order valence-corrected chi connectivity index (χ0v) is 18.3. The van der Waals surface area contributed by atoms with Crippen molar-refractivity contribution < 1.29 is 13.2 Å². The van der Waals surface area contributed by atoms with Crippen LogP contribution in [0.5, 0.6) is 0 Å². The summed E-state index contributed by atoms with van der Waals surface area (Å²) in [5.74, 6) is 0. The van der Waals surface area contributed by atoms with Gasteiger partial charge in [0.2, 0.25) is 10.0 Å². The summed E-state index contributed by atoms with van der Waals surface area (Å²) in [6, 6.07) is 6.06. The first-order valence-corrected chi connectivity index (χ1v) is 11.2. The number of benzene rings is 1. The van der Waals surface area contributed by atoms with Gasteiger partial charge in [-0.3, -0.25) is 4.90 Å². The van der Waals surface area contributed by atoms with Gasteiger partial charge in [-0.1, -0.05) is 6.07 Å². The first-order valence-electron chi connectivity index (χ1n) is 9.72. The minimum absolute atomic E-state index is 0.0369. The van der Waals surface area contributed by atoms with E-state index in [1.807, 2.05) is 53.1 Å². The van der Waals surface area contributed by atoms with Crippen LogP contribution < -0.4 is 4.72 Å². The average molecular weight is 406 g/mol. The lowest BCUT2D eigenvalue weighted by Crippen LogP contribution is -2.44. The monoisotopic (exact) mass is 405 g/mol. The van der Waals surface area contributed by atoms with E-state index in [1.165, 1.54) is 0 Å². The number of hydrogen-bond donors (Lipinski definition) is 1. The van der Waals surface area contributed by atoms with Gasteiger partial charge in [-0.15, -0.1) is 0 Å². The van der Waals surface area contributed by atoms with Crippen molar-refractivity contribution in [3.8, 4) is 0 Å². The number of morpholine rings is 1. The molecule has 0 spiro atoms. The fourth-order valence-corrected chi connectivity index (χ4v) is 5.62. The molecule has 0 bridgehead atoms. The fraction of sp³-hybridized carbons (Fsp3) is 0.524. The topological polar surface area (TPSA) is 63.6 Å². The molecule has 2 heterocycles. The quantitative estimate of drug-likeness (QED) is 0.802. The lowest BCUT2D eigenvalue weighted by Gasteiger charge is -2.35. The Bertz CT molecular complexity index is 918. The number of aryl methyl sites for hydroxylation is 3. The summed E-state index contributed by atoms with van der Waals surface area (Å²) in [6.45, 7) is 10.9. The molecule has 0 amide bonds. The van der Waals surface area contributed by atoms with Crippen molar-refractivity contribution in [1.29, 1.82) is 0 Å². The summed E-state index contributed by atoms with van der Waals surface area (Å²) in [4.78, 5) is 2.71. The summed E-state index contributed by atoms with van der Waals surface area (Å²) < 4.78 is 37.0. The maximum Gasteiger partial charge on any atom is 0.241 e. The van der Waals surface area contributed by atoms with Crippen molar-refractivity contribution >= 4 is 10.0 Å². The molecule has 2 aromatic rings. The smallest absolute Gasteiger partial charge is 0.241 e. The third-order valence-electron chi connectivity index (χ3n) is 5.84. The van der Waals surface area contributed by atoms with E-state index in [2.05, 4.69) is 20.3 Å². The van der Waals surface area contributed by atoms with Crippen molar-refractivity contribution in [2.45, 2.75) is 38.6 Å². The minimum Gasteiger partial charge on any atom is -0.379 e. The maximum atomic E-state index is 13.3. The molecule has 1 fully saturated rings. The molecule has 7 heteroatoms. The number of nitrogens with one attached hydrogen (secondary N) is 1. The Hall–Kier alpha value is -1.67. The molecule has 1 aliphatic heterocycles. The van der Waals surface area contributed by atoms with E-state index in [0.717, 1.165) is 41.0 Å². The summed E-state index contributed by atoms with van der Waals surface area (Å²) in [7, 11) is -1.63. The number of sulfonamides is 1. The van der Waals surface area contributed by atoms with Gasteiger partial charge < -0.3 is 9.30 Å². The Kier molecular flexibility index (Phi) is 6.29. The highest BCUT2D eigenvalue weighted by Gasteiger charge is 2.28. The van der Waals surface area contributed by atoms with E-state index in [1.54, 1.807) is 0 Å². The molecule has 6 nitrogen and oxygen atoms in total. The van der Waals surface area contributed by atoms with E-state index >= 15 is 0 Å². The normalized spacial score (nSPS) is 17.0. The second-order valence-corrected chi connectivity index (χ2v) is 9.35. The summed E-state index contributed by atoms with van der Waals surface area (Å²) in [5, 5.41) is 0. The Labute approximate surface area is 168 Å². The van der Waals surface area contributed by atoms with Crippen LogP contribution in [0.2, 0.25) is 0 Å². The molecule has 3 rings (SSSR count). The van der Waals surface area contributed by atoms with Crippen molar-refractivity contribution in [3.63, 3.8) is 0 Å². The van der Waals surface area contributed by atoms with Crippen molar-refractivity contribution in [2.24, 2.45) is 7.05 Å². The van der Waals surface area contributed by atoms with Crippen LogP contribution in [0.4, 0.5) is 0 Å². The largest absolute Gasteiger partial charge is 0.379 e. The van der Waals surface area contributed by atoms with Crippen LogP contribution in [0, 0.1) is 27.7 Å². The third-order valence-corrected chi connectivity index (χ3v) is 7.54. The number of nitrogens with zero attached hydrogens (tertiary/aromatic N) is 2. The van der Waals surface area contributed by atoms with Gasteiger partial charge in [0.1, 0.15) is 0 Å². The van der Waals surface area contributed by atoms with Crippen LogP contribution in [-0.2, 0) is 21.8 Å². The summed E-state index contributed by atoms with van der Waals surface area (Å²) in [5.41, 5.74) is 4.72. The fourth-order valence-electron chi connectivity index (χ4n) is 3.97. The molecule has 1 saturated heterocycles. The molecule has 1 aromatic heterocycles. The highest BCUT2D eigenvalue weighted by atomic mass is 32.2. The molecular weight excluding hydrogens is 374 g/mol. The second kappa shape index (κ2) is 8.37. The Morgan fingerprint density at radius 2 is 1.71 bits per heavy atom. The molecule has 0 aliphatic carbocycles. The molecule has 28 heavy (non-hydrogen) atoms. The first kappa shape index (κ1) is 21.0. The lowest BCUT2D eigenvalue weighted by molar-refractivity contribution is 0.0158. The third kappa shape index (κ3) is 4.17. The van der Waals surface area contributed by atoms with Gasteiger partial charge in [-0.2, -0.15) is 0 Å². The Morgan fingerprint density at radius 3 is 2.25 bits per heavy atom. The number of aromatic nitrogens is 1. The van der Waals surface area contributed by atoms with Gasteiger partial charge in [0.15, 0.2) is 0 Å². The van der Waals surface area contributed by atoms with Crippen LogP contribution in [0.1, 0.15) is 34.0 Å². The highest BCUT2D eigenvalue weighted by molar-refractivity contribution is 7.89. The predicted octanol–water partition coefficient (Wildman–Crippen LogP) is 2.61. The molecular formula is C21H31N3O3S. The van der Waals surface area contributed by atoms with Crippen LogP contribution in [0.3, 0.4) is 0 Å². The molecule has 0 saturated carbocycles. The number of hydrogen-bond acceptors (Lipinski definition) is 4. The van der Waals surface area contributed by atoms with E-state index < -0.39 is 10.0 Å². The number of ether oxygens (including phenoxy) is 1. The lowest BCUT2D eigenvalue weighted by atomic mass is 10.0. The van der Waals surface area contributed by atoms with Crippen molar-refractivity contribution in [3.05, 3.63) is 52.3 Å². The SMILES string of the molecule is Cc1cc(C)c(C)c(S(=O)(=O)NCC(c2cccn2C)N2CCOCC2)c1C. The average Bonchev–Trinajstić information content (AvgIpc) is 3.07. The van der Waals surface area contributed by atoms with Crippen LogP contribution in [0.15, 0.2) is 29.3 Å². The van der Waals surface area contributed by atoms with E-state index in [9.17, 15) is 8.42 Å². The van der Waals surface area contributed by atoms with Gasteiger partial charge >= 0.3 is 0 Å². The molecule has 1 unspecified atom stereocenters. The van der Waals surface area contributed by atoms with Crippen molar-refractivity contribution in [2.75, 3.05) is 32.8 Å². The highest BCUT2D eigenvalue weighted by Crippen LogP contribution is 2.27. The maximum absolute atomic E-state index is 13.3. The Morgan fingerprint density at radius 1 is 1.11 bits per heavy atom. The van der Waals surface area contributed by atoms with E-state index in [4.69, 9.17) is 4.74 Å². The van der Waals surface area contributed by atoms with E-state index in [-0.39, 0.29) is 6.04 Å². The zero-order valence-electron chi connectivity index (χ0n) is 17.4. The standard InChI is InChI=1S/C21H31N3O3S/c1-15-13-16(2)18(4)21(17(15)3)28(25,26)22-14-20(19-7-6-8-23(19)5)24-9-11-27-12-10-24/h6-8,13,20,22H,9-12,14H2,1-5H3. The molecule has 0 radical (unpaired) electrons. The van der Waals surface area contributed by atoms with Gasteiger partial charge in [0.05, 0.1) is 24.2 Å². The molecule has 1 N–H and O–H groups in total. The first-order chi connectivity index (χ1) is 13.2. The molecule has 154 valence electrons. The van der Waals surface area contributed by atoms with Gasteiger partial charge in [-0.05, 0) is 62.1 Å². The number of rotatable bonds is 6. The minimum atomic E-state index is -3.62. The van der Waals surface area contributed by atoms with Gasteiger partial charge in [0, 0.05) is 38.6 Å². The second-order valence-electron chi connectivity index (χ2n) is 7.65. The summed E-state index contributed by atoms with van der Waals surface area (Å²) in [6.07, 6.45) is 2.00. The van der Waals surface area contributed by atoms with Gasteiger partial charge in [-0.25, -0.2) is 13.1 Å². The van der Waals surface area contributed by atoms with Crippen LogP contribution >= 0.6 is 0 Å². The van der Waals surface area contributed by atoms with Gasteiger partial charge in [0.25, 0.3) is 0 Å². The summed E-state index contributed by atoms with van der Waals surface area (Å²) >= 11 is 0. The zero-order chi connectivity index (χ0) is 20.5. The molecule has 1 aliphatic rings. The molecule has 1 atom stereocenters. The van der Waals surface area contributed by atoms with Crippen LogP contribution in [0.25, 0.3) is 0 Å². The van der Waals surface area contributed by atoms with Crippen LogP contribution in [-0.4, -0.2) is 50.7 Å².